The average Bonchev–Trinajstić information content (AvgIpc) is 1.80. The Labute approximate surface area is 64.6 Å². The Morgan fingerprint density at radius 3 is 2.45 bits per heavy atom. The Balaban J connectivity index is 2.60. The largest absolute Gasteiger partial charge is 0.481 e. The minimum absolute atomic E-state index is 0.0654. The Hall–Kier alpha value is -1.06. The topological polar surface area (TPSA) is 66.4 Å². The molecule has 1 fully saturated rings. The molecule has 0 spiro atoms. The summed E-state index contributed by atoms with van der Waals surface area (Å²) in [6, 6.07) is -0.201. The molecule has 2 N–H and O–H groups in total. The van der Waals surface area contributed by atoms with Gasteiger partial charge in [-0.3, -0.25) is 9.59 Å². The van der Waals surface area contributed by atoms with E-state index in [-0.39, 0.29) is 11.9 Å². The Bertz CT molecular complexity index is 202. The van der Waals surface area contributed by atoms with Gasteiger partial charge in [-0.15, -0.1) is 0 Å². The number of rotatable bonds is 2. The van der Waals surface area contributed by atoms with Gasteiger partial charge in [-0.2, -0.15) is 0 Å². The van der Waals surface area contributed by atoms with E-state index in [0.29, 0.717) is 6.42 Å². The fraction of sp³-hybridized carbons (Fsp3) is 0.714. The molecule has 0 aliphatic carbocycles. The van der Waals surface area contributed by atoms with E-state index in [2.05, 4.69) is 5.32 Å². The summed E-state index contributed by atoms with van der Waals surface area (Å²) in [4.78, 5) is 21.1. The summed E-state index contributed by atoms with van der Waals surface area (Å²) >= 11 is 0. The minimum Gasteiger partial charge on any atom is -0.481 e. The van der Waals surface area contributed by atoms with Crippen molar-refractivity contribution in [3.8, 4) is 0 Å². The predicted molar refractivity (Wildman–Crippen MR) is 38.0 cm³/mol. The lowest BCUT2D eigenvalue weighted by atomic mass is 9.79. The first-order chi connectivity index (χ1) is 4.94. The lowest BCUT2D eigenvalue weighted by molar-refractivity contribution is -0.152. The molecule has 0 aromatic rings. The molecule has 4 heteroatoms. The van der Waals surface area contributed by atoms with E-state index in [9.17, 15) is 9.59 Å². The number of hydrogen-bond donors (Lipinski definition) is 2. The quantitative estimate of drug-likeness (QED) is 0.554. The molecule has 1 aliphatic rings. The fourth-order valence-electron chi connectivity index (χ4n) is 0.943. The first-order valence-corrected chi connectivity index (χ1v) is 3.47. The zero-order valence-electron chi connectivity index (χ0n) is 6.55. The number of aliphatic carboxylic acids is 1. The molecule has 1 amide bonds. The van der Waals surface area contributed by atoms with Crippen LogP contribution in [0.25, 0.3) is 0 Å². The second-order valence-electron chi connectivity index (χ2n) is 3.35. The van der Waals surface area contributed by atoms with Crippen LogP contribution in [0.3, 0.4) is 0 Å². The van der Waals surface area contributed by atoms with Crippen LogP contribution in [0, 0.1) is 5.41 Å². The van der Waals surface area contributed by atoms with Crippen LogP contribution in [0.4, 0.5) is 0 Å². The highest BCUT2D eigenvalue weighted by molar-refractivity contribution is 5.86. The van der Waals surface area contributed by atoms with Crippen molar-refractivity contribution >= 4 is 11.9 Å². The van der Waals surface area contributed by atoms with Crippen LogP contribution >= 0.6 is 0 Å². The van der Waals surface area contributed by atoms with Crippen molar-refractivity contribution in [2.24, 2.45) is 5.41 Å². The van der Waals surface area contributed by atoms with Gasteiger partial charge in [-0.1, -0.05) is 0 Å². The van der Waals surface area contributed by atoms with E-state index in [4.69, 9.17) is 5.11 Å². The fourth-order valence-corrected chi connectivity index (χ4v) is 0.943. The zero-order valence-corrected chi connectivity index (χ0v) is 6.55. The van der Waals surface area contributed by atoms with Crippen molar-refractivity contribution < 1.29 is 14.7 Å². The summed E-state index contributed by atoms with van der Waals surface area (Å²) in [6.45, 7) is 3.22. The Morgan fingerprint density at radius 1 is 1.73 bits per heavy atom. The molecule has 0 aromatic heterocycles. The summed E-state index contributed by atoms with van der Waals surface area (Å²) in [7, 11) is 0. The maximum atomic E-state index is 10.6. The summed E-state index contributed by atoms with van der Waals surface area (Å²) < 4.78 is 0. The van der Waals surface area contributed by atoms with E-state index in [0.717, 1.165) is 0 Å². The van der Waals surface area contributed by atoms with E-state index in [1.165, 1.54) is 0 Å². The van der Waals surface area contributed by atoms with Gasteiger partial charge in [0.15, 0.2) is 0 Å². The second kappa shape index (κ2) is 2.22. The van der Waals surface area contributed by atoms with Gasteiger partial charge < -0.3 is 10.4 Å². The van der Waals surface area contributed by atoms with E-state index < -0.39 is 11.4 Å². The molecule has 0 aromatic carbocycles. The molecule has 0 saturated carbocycles. The molecule has 0 radical (unpaired) electrons. The zero-order chi connectivity index (χ0) is 8.65. The lowest BCUT2D eigenvalue weighted by Crippen LogP contribution is -2.58. The number of carboxylic acid groups (broad SMARTS) is 1. The van der Waals surface area contributed by atoms with E-state index in [1.807, 2.05) is 0 Å². The number of hydrogen-bond acceptors (Lipinski definition) is 2. The SMILES string of the molecule is CC(C)(C(=O)O)C1CC(=O)N1. The van der Waals surface area contributed by atoms with Crippen LogP contribution in [0.1, 0.15) is 20.3 Å². The Kier molecular flexibility index (Phi) is 1.62. The number of nitrogens with one attached hydrogen (secondary N) is 1. The molecule has 4 nitrogen and oxygen atoms in total. The van der Waals surface area contributed by atoms with Gasteiger partial charge in [-0.25, -0.2) is 0 Å². The third-order valence-corrected chi connectivity index (χ3v) is 2.15. The number of carboxylic acids is 1. The van der Waals surface area contributed by atoms with Gasteiger partial charge in [0.1, 0.15) is 0 Å². The van der Waals surface area contributed by atoms with Gasteiger partial charge >= 0.3 is 5.97 Å². The van der Waals surface area contributed by atoms with E-state index >= 15 is 0 Å². The van der Waals surface area contributed by atoms with Crippen molar-refractivity contribution in [2.45, 2.75) is 26.3 Å². The third kappa shape index (κ3) is 1.20. The molecule has 1 aliphatic heterocycles. The van der Waals surface area contributed by atoms with Gasteiger partial charge in [0, 0.05) is 6.42 Å². The first-order valence-electron chi connectivity index (χ1n) is 3.47. The highest BCUT2D eigenvalue weighted by atomic mass is 16.4. The smallest absolute Gasteiger partial charge is 0.311 e. The van der Waals surface area contributed by atoms with Gasteiger partial charge in [-0.05, 0) is 13.8 Å². The van der Waals surface area contributed by atoms with Crippen molar-refractivity contribution in [3.63, 3.8) is 0 Å². The molecule has 0 bridgehead atoms. The molecule has 1 unspecified atom stereocenters. The van der Waals surface area contributed by atoms with Crippen molar-refractivity contribution in [3.05, 3.63) is 0 Å². The van der Waals surface area contributed by atoms with Crippen LogP contribution in [-0.4, -0.2) is 23.0 Å². The third-order valence-electron chi connectivity index (χ3n) is 2.15. The van der Waals surface area contributed by atoms with Gasteiger partial charge in [0.05, 0.1) is 11.5 Å². The summed E-state index contributed by atoms with van der Waals surface area (Å²) in [5.41, 5.74) is -0.839. The maximum absolute atomic E-state index is 10.6. The average molecular weight is 157 g/mol. The molecule has 1 heterocycles. The number of β-lactam (4-membered cyclic amide) rings is 1. The standard InChI is InChI=1S/C7H11NO3/c1-7(2,6(10)11)4-3-5(9)8-4/h4H,3H2,1-2H3,(H,8,9)(H,10,11). The normalized spacial score (nSPS) is 23.8. The number of carbonyl (C=O) groups excluding carboxylic acids is 1. The lowest BCUT2D eigenvalue weighted by Gasteiger charge is -2.37. The van der Waals surface area contributed by atoms with Crippen LogP contribution in [-0.2, 0) is 9.59 Å². The minimum atomic E-state index is -0.873. The highest BCUT2D eigenvalue weighted by Gasteiger charge is 2.43. The highest BCUT2D eigenvalue weighted by Crippen LogP contribution is 2.27. The van der Waals surface area contributed by atoms with Crippen molar-refractivity contribution in [1.82, 2.24) is 5.32 Å². The summed E-state index contributed by atoms with van der Waals surface area (Å²) in [6.07, 6.45) is 0.333. The number of amides is 1. The first kappa shape index (κ1) is 8.04. The molecule has 1 saturated heterocycles. The van der Waals surface area contributed by atoms with Crippen LogP contribution in [0.15, 0.2) is 0 Å². The molecular weight excluding hydrogens is 146 g/mol. The molecule has 1 rings (SSSR count). The van der Waals surface area contributed by atoms with Crippen LogP contribution < -0.4 is 5.32 Å². The molecule has 11 heavy (non-hydrogen) atoms. The van der Waals surface area contributed by atoms with Gasteiger partial charge in [0.2, 0.25) is 5.91 Å². The maximum Gasteiger partial charge on any atom is 0.311 e. The summed E-state index contributed by atoms with van der Waals surface area (Å²) in [5, 5.41) is 11.3. The molecule has 62 valence electrons. The van der Waals surface area contributed by atoms with Gasteiger partial charge in [0.25, 0.3) is 0 Å². The van der Waals surface area contributed by atoms with Crippen molar-refractivity contribution in [1.29, 1.82) is 0 Å². The monoisotopic (exact) mass is 157 g/mol. The summed E-state index contributed by atoms with van der Waals surface area (Å²) in [5.74, 6) is -0.938. The molecule has 1 atom stereocenters. The number of carbonyl (C=O) groups is 2. The molecular formula is C7H11NO3. The van der Waals surface area contributed by atoms with Crippen LogP contribution in [0.5, 0.6) is 0 Å². The van der Waals surface area contributed by atoms with E-state index in [1.54, 1.807) is 13.8 Å². The predicted octanol–water partition coefficient (Wildman–Crippen LogP) is -0.0143. The Morgan fingerprint density at radius 2 is 2.18 bits per heavy atom. The van der Waals surface area contributed by atoms with Crippen molar-refractivity contribution in [2.75, 3.05) is 0 Å². The second-order valence-corrected chi connectivity index (χ2v) is 3.35. The van der Waals surface area contributed by atoms with Crippen LogP contribution in [0.2, 0.25) is 0 Å².